The molecule has 102 valence electrons. The molecule has 0 aliphatic heterocycles. The molecule has 0 heterocycles. The van der Waals surface area contributed by atoms with E-state index in [-0.39, 0.29) is 4.90 Å². The first kappa shape index (κ1) is 15.3. The molecule has 1 aromatic rings. The minimum Gasteiger partial charge on any atom is -0.493 e. The molecule has 0 N–H and O–H groups in total. The van der Waals surface area contributed by atoms with Crippen LogP contribution in [0.15, 0.2) is 11.0 Å². The molecule has 0 atom stereocenters. The van der Waals surface area contributed by atoms with Crippen LogP contribution in [0, 0.1) is 26.7 Å². The zero-order valence-electron chi connectivity index (χ0n) is 11.4. The monoisotopic (exact) mass is 290 g/mol. The second-order valence-corrected chi connectivity index (χ2v) is 7.45. The molecule has 0 unspecified atom stereocenters. The highest BCUT2D eigenvalue weighted by Crippen LogP contribution is 2.32. The third-order valence-corrected chi connectivity index (χ3v) is 4.25. The Bertz CT molecular complexity index is 548. The lowest BCUT2D eigenvalue weighted by Gasteiger charge is -2.17. The van der Waals surface area contributed by atoms with Gasteiger partial charge in [-0.15, -0.1) is 0 Å². The summed E-state index contributed by atoms with van der Waals surface area (Å²) < 4.78 is 28.7. The molecule has 0 saturated carbocycles. The second kappa shape index (κ2) is 5.49. The summed E-state index contributed by atoms with van der Waals surface area (Å²) in [5.41, 5.74) is 2.27. The maximum absolute atomic E-state index is 11.5. The van der Waals surface area contributed by atoms with Crippen LogP contribution in [-0.2, 0) is 9.05 Å². The van der Waals surface area contributed by atoms with Gasteiger partial charge in [0.25, 0.3) is 9.05 Å². The van der Waals surface area contributed by atoms with Crippen molar-refractivity contribution in [2.24, 2.45) is 5.92 Å². The van der Waals surface area contributed by atoms with Crippen molar-refractivity contribution in [2.75, 3.05) is 6.61 Å². The van der Waals surface area contributed by atoms with Crippen LogP contribution in [0.25, 0.3) is 0 Å². The van der Waals surface area contributed by atoms with Crippen LogP contribution in [0.3, 0.4) is 0 Å². The van der Waals surface area contributed by atoms with E-state index >= 15 is 0 Å². The molecule has 5 heteroatoms. The third kappa shape index (κ3) is 3.39. The fraction of sp³-hybridized carbons (Fsp3) is 0.538. The van der Waals surface area contributed by atoms with Crippen LogP contribution in [0.2, 0.25) is 0 Å². The molecule has 1 aromatic carbocycles. The molecular formula is C13H19ClO3S. The molecule has 0 fully saturated rings. The zero-order valence-corrected chi connectivity index (χ0v) is 12.9. The van der Waals surface area contributed by atoms with E-state index in [0.29, 0.717) is 18.1 Å². The molecule has 0 amide bonds. The smallest absolute Gasteiger partial charge is 0.261 e. The molecule has 0 saturated heterocycles. The summed E-state index contributed by atoms with van der Waals surface area (Å²) in [7, 11) is 1.71. The van der Waals surface area contributed by atoms with Crippen LogP contribution in [-0.4, -0.2) is 15.0 Å². The summed E-state index contributed by atoms with van der Waals surface area (Å²) in [4.78, 5) is 0.163. The largest absolute Gasteiger partial charge is 0.493 e. The van der Waals surface area contributed by atoms with Gasteiger partial charge in [-0.2, -0.15) is 0 Å². The average Bonchev–Trinajstić information content (AvgIpc) is 2.21. The Kier molecular flexibility index (Phi) is 4.67. The molecular weight excluding hydrogens is 272 g/mol. The lowest BCUT2D eigenvalue weighted by atomic mass is 10.0. The van der Waals surface area contributed by atoms with Crippen molar-refractivity contribution in [1.29, 1.82) is 0 Å². The third-order valence-electron chi connectivity index (χ3n) is 2.80. The normalized spacial score (nSPS) is 11.9. The van der Waals surface area contributed by atoms with Crippen LogP contribution in [0.4, 0.5) is 0 Å². The van der Waals surface area contributed by atoms with Gasteiger partial charge in [0, 0.05) is 10.7 Å². The summed E-state index contributed by atoms with van der Waals surface area (Å²) >= 11 is 0. The van der Waals surface area contributed by atoms with Gasteiger partial charge in [-0.05, 0) is 49.4 Å². The van der Waals surface area contributed by atoms with E-state index in [1.54, 1.807) is 13.0 Å². The maximum Gasteiger partial charge on any atom is 0.261 e. The molecule has 0 radical (unpaired) electrons. The predicted molar refractivity (Wildman–Crippen MR) is 74.0 cm³/mol. The summed E-state index contributed by atoms with van der Waals surface area (Å²) in [5.74, 6) is 1.17. The Labute approximate surface area is 114 Å². The molecule has 1 rings (SSSR count). The Balaban J connectivity index is 3.30. The molecule has 0 aromatic heterocycles. The molecule has 0 spiro atoms. The van der Waals surface area contributed by atoms with E-state index in [0.717, 1.165) is 16.9 Å². The molecule has 18 heavy (non-hydrogen) atoms. The first-order valence-corrected chi connectivity index (χ1v) is 8.13. The summed E-state index contributed by atoms with van der Waals surface area (Å²) in [5, 5.41) is 0. The van der Waals surface area contributed by atoms with Crippen molar-refractivity contribution in [1.82, 2.24) is 0 Å². The van der Waals surface area contributed by atoms with Crippen molar-refractivity contribution in [3.05, 3.63) is 22.8 Å². The highest BCUT2D eigenvalue weighted by Gasteiger charge is 2.19. The summed E-state index contributed by atoms with van der Waals surface area (Å²) in [6.45, 7) is 10.2. The first-order valence-electron chi connectivity index (χ1n) is 5.82. The maximum atomic E-state index is 11.5. The topological polar surface area (TPSA) is 43.4 Å². The van der Waals surface area contributed by atoms with Crippen molar-refractivity contribution in [3.63, 3.8) is 0 Å². The summed E-state index contributed by atoms with van der Waals surface area (Å²) in [6.07, 6.45) is 0. The van der Waals surface area contributed by atoms with E-state index in [2.05, 4.69) is 13.8 Å². The Hall–Kier alpha value is -0.740. The Morgan fingerprint density at radius 3 is 2.22 bits per heavy atom. The number of ether oxygens (including phenoxy) is 1. The van der Waals surface area contributed by atoms with Gasteiger partial charge in [0.05, 0.1) is 11.5 Å². The quantitative estimate of drug-likeness (QED) is 0.796. The van der Waals surface area contributed by atoms with Gasteiger partial charge in [0.2, 0.25) is 0 Å². The minimum atomic E-state index is -3.71. The van der Waals surface area contributed by atoms with E-state index < -0.39 is 9.05 Å². The zero-order chi connectivity index (χ0) is 14.1. The van der Waals surface area contributed by atoms with Crippen molar-refractivity contribution >= 4 is 19.7 Å². The van der Waals surface area contributed by atoms with Crippen molar-refractivity contribution < 1.29 is 13.2 Å². The van der Waals surface area contributed by atoms with Gasteiger partial charge in [0.1, 0.15) is 5.75 Å². The first-order chi connectivity index (χ1) is 8.14. The van der Waals surface area contributed by atoms with E-state index in [4.69, 9.17) is 15.4 Å². The van der Waals surface area contributed by atoms with Crippen LogP contribution in [0.1, 0.15) is 30.5 Å². The lowest BCUT2D eigenvalue weighted by Crippen LogP contribution is -2.08. The van der Waals surface area contributed by atoms with Crippen LogP contribution < -0.4 is 4.74 Å². The minimum absolute atomic E-state index is 0.163. The molecule has 3 nitrogen and oxygen atoms in total. The van der Waals surface area contributed by atoms with E-state index in [9.17, 15) is 8.42 Å². The van der Waals surface area contributed by atoms with Crippen LogP contribution in [0.5, 0.6) is 5.75 Å². The van der Waals surface area contributed by atoms with Crippen LogP contribution >= 0.6 is 10.7 Å². The van der Waals surface area contributed by atoms with Gasteiger partial charge in [-0.3, -0.25) is 0 Å². The fourth-order valence-electron chi connectivity index (χ4n) is 1.75. The number of hydrogen-bond donors (Lipinski definition) is 0. The Morgan fingerprint density at radius 1 is 1.22 bits per heavy atom. The summed E-state index contributed by atoms with van der Waals surface area (Å²) in [6, 6.07) is 1.57. The molecule has 0 bridgehead atoms. The molecule has 0 aliphatic rings. The lowest BCUT2D eigenvalue weighted by molar-refractivity contribution is 0.267. The number of hydrogen-bond acceptors (Lipinski definition) is 3. The Morgan fingerprint density at radius 2 is 1.78 bits per heavy atom. The van der Waals surface area contributed by atoms with Gasteiger partial charge < -0.3 is 4.74 Å². The van der Waals surface area contributed by atoms with Crippen molar-refractivity contribution in [2.45, 2.75) is 39.5 Å². The SMILES string of the molecule is Cc1cc(S(=O)(=O)Cl)c(C)c(C)c1OCC(C)C. The number of aryl methyl sites for hydroxylation is 1. The number of rotatable bonds is 4. The highest BCUT2D eigenvalue weighted by atomic mass is 35.7. The number of benzene rings is 1. The van der Waals surface area contributed by atoms with Gasteiger partial charge in [-0.25, -0.2) is 8.42 Å². The predicted octanol–water partition coefficient (Wildman–Crippen LogP) is 3.57. The standard InChI is InChI=1S/C13H19ClO3S/c1-8(2)7-17-13-9(3)6-12(18(14,15)16)10(4)11(13)5/h6,8H,7H2,1-5H3. The van der Waals surface area contributed by atoms with Crippen molar-refractivity contribution in [3.8, 4) is 5.75 Å². The van der Waals surface area contributed by atoms with Gasteiger partial charge in [-0.1, -0.05) is 13.8 Å². The van der Waals surface area contributed by atoms with E-state index in [1.165, 1.54) is 0 Å². The fourth-order valence-corrected chi connectivity index (χ4v) is 3.06. The highest BCUT2D eigenvalue weighted by molar-refractivity contribution is 8.13. The van der Waals surface area contributed by atoms with E-state index in [1.807, 2.05) is 13.8 Å². The molecule has 0 aliphatic carbocycles. The number of halogens is 1. The average molecular weight is 291 g/mol. The van der Waals surface area contributed by atoms with Gasteiger partial charge >= 0.3 is 0 Å². The second-order valence-electron chi connectivity index (χ2n) is 4.91. The van der Waals surface area contributed by atoms with Gasteiger partial charge in [0.15, 0.2) is 0 Å².